The lowest BCUT2D eigenvalue weighted by Crippen LogP contribution is -2.56. The van der Waals surface area contributed by atoms with E-state index in [1.54, 1.807) is 0 Å². The van der Waals surface area contributed by atoms with E-state index >= 15 is 0 Å². The predicted molar refractivity (Wildman–Crippen MR) is 148 cm³/mol. The van der Waals surface area contributed by atoms with Crippen LogP contribution in [0.4, 0.5) is 26.3 Å². The lowest BCUT2D eigenvalue weighted by molar-refractivity contribution is -0.143. The van der Waals surface area contributed by atoms with Crippen molar-refractivity contribution in [2.75, 3.05) is 45.8 Å². The molecule has 2 aromatic rings. The summed E-state index contributed by atoms with van der Waals surface area (Å²) < 4.78 is 81.1. The number of piperidine rings is 2. The average Bonchev–Trinajstić information content (AvgIpc) is 3.00. The average molecular weight is 611 g/mol. The first-order valence-electron chi connectivity index (χ1n) is 14.8. The molecule has 5 rings (SSSR count). The van der Waals surface area contributed by atoms with Gasteiger partial charge in [-0.3, -0.25) is 14.5 Å². The van der Waals surface area contributed by atoms with Gasteiger partial charge in [0.05, 0.1) is 11.1 Å². The fraction of sp³-hybridized carbons (Fsp3) is 0.548. The highest BCUT2D eigenvalue weighted by Gasteiger charge is 2.41. The van der Waals surface area contributed by atoms with Crippen LogP contribution in [-0.2, 0) is 23.6 Å². The third-order valence-electron chi connectivity index (χ3n) is 8.93. The number of carbonyl (C=O) groups is 2. The number of piperazine rings is 1. The molecule has 3 saturated heterocycles. The molecule has 2 unspecified atom stereocenters. The molecule has 6 nitrogen and oxygen atoms in total. The van der Waals surface area contributed by atoms with Gasteiger partial charge in [0.25, 0.3) is 5.91 Å². The standard InChI is InChI=1S/C31H36F6N4O2/c32-30(33,34)24-17-23(18-25(20-24)31(35,36)37)29(43)41-11-8-22(19-27(41)16-21-4-2-1-3-5-21)28(42)40-14-12-39(13-15-40)26-6-9-38-10-7-26/h1-5,17-18,20,22,26-27,38H,6-16,19H2. The summed E-state index contributed by atoms with van der Waals surface area (Å²) in [4.78, 5) is 32.9. The van der Waals surface area contributed by atoms with Gasteiger partial charge in [0.15, 0.2) is 0 Å². The van der Waals surface area contributed by atoms with E-state index in [-0.39, 0.29) is 31.4 Å². The summed E-state index contributed by atoms with van der Waals surface area (Å²) in [5.41, 5.74) is -2.87. The summed E-state index contributed by atoms with van der Waals surface area (Å²) in [6.07, 6.45) is -7.07. The monoisotopic (exact) mass is 610 g/mol. The predicted octanol–water partition coefficient (Wildman–Crippen LogP) is 5.08. The van der Waals surface area contributed by atoms with Gasteiger partial charge < -0.3 is 15.1 Å². The molecule has 2 aromatic carbocycles. The third-order valence-corrected chi connectivity index (χ3v) is 8.93. The van der Waals surface area contributed by atoms with Crippen LogP contribution >= 0.6 is 0 Å². The molecule has 3 heterocycles. The molecule has 234 valence electrons. The van der Waals surface area contributed by atoms with E-state index in [1.165, 1.54) is 4.90 Å². The Hall–Kier alpha value is -3.12. The van der Waals surface area contributed by atoms with Gasteiger partial charge in [0, 0.05) is 56.3 Å². The Labute approximate surface area is 247 Å². The van der Waals surface area contributed by atoms with Crippen molar-refractivity contribution in [3.05, 3.63) is 70.8 Å². The minimum absolute atomic E-state index is 0.00597. The SMILES string of the molecule is O=C(C1CCN(C(=O)c2cc(C(F)(F)F)cc(C(F)(F)F)c2)C(Cc2ccccc2)C1)N1CCN(C2CCNCC2)CC1. The second-order valence-electron chi connectivity index (χ2n) is 11.7. The number of amides is 2. The van der Waals surface area contributed by atoms with E-state index in [9.17, 15) is 35.9 Å². The fourth-order valence-electron chi connectivity index (χ4n) is 6.60. The number of carbonyl (C=O) groups excluding carboxylic acids is 2. The molecule has 43 heavy (non-hydrogen) atoms. The second kappa shape index (κ2) is 12.9. The zero-order valence-corrected chi connectivity index (χ0v) is 23.8. The van der Waals surface area contributed by atoms with Crippen molar-refractivity contribution in [1.29, 1.82) is 0 Å². The molecule has 0 bridgehead atoms. The zero-order valence-electron chi connectivity index (χ0n) is 23.8. The molecule has 0 spiro atoms. The van der Waals surface area contributed by atoms with Gasteiger partial charge in [-0.15, -0.1) is 0 Å². The molecule has 3 fully saturated rings. The van der Waals surface area contributed by atoms with Crippen LogP contribution in [0.15, 0.2) is 48.5 Å². The molecule has 2 atom stereocenters. The van der Waals surface area contributed by atoms with Crippen molar-refractivity contribution >= 4 is 11.8 Å². The third kappa shape index (κ3) is 7.52. The summed E-state index contributed by atoms with van der Waals surface area (Å²) in [5, 5.41) is 3.37. The number of nitrogens with zero attached hydrogens (tertiary/aromatic N) is 3. The van der Waals surface area contributed by atoms with Crippen LogP contribution in [0, 0.1) is 5.92 Å². The largest absolute Gasteiger partial charge is 0.416 e. The van der Waals surface area contributed by atoms with Gasteiger partial charge in [-0.2, -0.15) is 26.3 Å². The Bertz CT molecular complexity index is 1240. The summed E-state index contributed by atoms with van der Waals surface area (Å²) in [7, 11) is 0. The minimum atomic E-state index is -5.06. The van der Waals surface area contributed by atoms with Gasteiger partial charge in [-0.1, -0.05) is 30.3 Å². The Morgan fingerprint density at radius 1 is 0.791 bits per heavy atom. The first-order chi connectivity index (χ1) is 20.4. The molecule has 0 aromatic heterocycles. The number of likely N-dealkylation sites (tertiary alicyclic amines) is 1. The highest BCUT2D eigenvalue weighted by molar-refractivity contribution is 5.95. The Balaban J connectivity index is 1.33. The molecule has 0 saturated carbocycles. The highest BCUT2D eigenvalue weighted by atomic mass is 19.4. The van der Waals surface area contributed by atoms with E-state index in [0.717, 1.165) is 44.6 Å². The lowest BCUT2D eigenvalue weighted by Gasteiger charge is -2.44. The fourth-order valence-corrected chi connectivity index (χ4v) is 6.60. The van der Waals surface area contributed by atoms with Crippen LogP contribution in [0.3, 0.4) is 0 Å². The molecular formula is C31H36F6N4O2. The minimum Gasteiger partial charge on any atom is -0.340 e. The van der Waals surface area contributed by atoms with Crippen molar-refractivity contribution in [2.45, 2.75) is 56.5 Å². The van der Waals surface area contributed by atoms with Crippen LogP contribution in [0.25, 0.3) is 0 Å². The van der Waals surface area contributed by atoms with Crippen LogP contribution in [0.2, 0.25) is 0 Å². The number of rotatable bonds is 5. The van der Waals surface area contributed by atoms with Gasteiger partial charge in [0.1, 0.15) is 0 Å². The number of nitrogens with one attached hydrogen (secondary N) is 1. The topological polar surface area (TPSA) is 55.9 Å². The molecule has 1 N–H and O–H groups in total. The van der Waals surface area contributed by atoms with Gasteiger partial charge in [0.2, 0.25) is 5.91 Å². The highest BCUT2D eigenvalue weighted by Crippen LogP contribution is 2.37. The number of alkyl halides is 6. The van der Waals surface area contributed by atoms with E-state index in [0.29, 0.717) is 37.7 Å². The van der Waals surface area contributed by atoms with Crippen molar-refractivity contribution in [3.8, 4) is 0 Å². The summed E-state index contributed by atoms with van der Waals surface area (Å²) in [5.74, 6) is -1.30. The molecule has 0 aliphatic carbocycles. The number of benzene rings is 2. The summed E-state index contributed by atoms with van der Waals surface area (Å²) >= 11 is 0. The van der Waals surface area contributed by atoms with E-state index < -0.39 is 46.9 Å². The summed E-state index contributed by atoms with van der Waals surface area (Å²) in [6.45, 7) is 4.82. The maximum absolute atomic E-state index is 13.6. The molecule has 12 heteroatoms. The lowest BCUT2D eigenvalue weighted by atomic mass is 9.85. The molecule has 3 aliphatic heterocycles. The first kappa shape index (κ1) is 31.3. The normalized spacial score (nSPS) is 22.9. The Morgan fingerprint density at radius 2 is 1.40 bits per heavy atom. The Kier molecular flexibility index (Phi) is 9.36. The van der Waals surface area contributed by atoms with Crippen LogP contribution in [0.5, 0.6) is 0 Å². The van der Waals surface area contributed by atoms with E-state index in [4.69, 9.17) is 0 Å². The summed E-state index contributed by atoms with van der Waals surface area (Å²) in [6, 6.07) is 10.1. The molecule has 2 amide bonds. The maximum Gasteiger partial charge on any atom is 0.416 e. The Morgan fingerprint density at radius 3 is 1.98 bits per heavy atom. The van der Waals surface area contributed by atoms with Gasteiger partial charge in [-0.25, -0.2) is 0 Å². The van der Waals surface area contributed by atoms with E-state index in [1.807, 2.05) is 35.2 Å². The molecular weight excluding hydrogens is 574 g/mol. The first-order valence-corrected chi connectivity index (χ1v) is 14.8. The quantitative estimate of drug-likeness (QED) is 0.480. The number of hydrogen-bond acceptors (Lipinski definition) is 4. The number of hydrogen-bond donors (Lipinski definition) is 1. The molecule has 0 radical (unpaired) electrons. The smallest absolute Gasteiger partial charge is 0.340 e. The van der Waals surface area contributed by atoms with Crippen LogP contribution < -0.4 is 5.32 Å². The van der Waals surface area contributed by atoms with Gasteiger partial charge >= 0.3 is 12.4 Å². The zero-order chi connectivity index (χ0) is 30.8. The van der Waals surface area contributed by atoms with Crippen molar-refractivity contribution < 1.29 is 35.9 Å². The van der Waals surface area contributed by atoms with E-state index in [2.05, 4.69) is 10.2 Å². The maximum atomic E-state index is 13.6. The van der Waals surface area contributed by atoms with Crippen molar-refractivity contribution in [3.63, 3.8) is 0 Å². The van der Waals surface area contributed by atoms with Gasteiger partial charge in [-0.05, 0) is 69.0 Å². The van der Waals surface area contributed by atoms with Crippen LogP contribution in [0.1, 0.15) is 52.7 Å². The molecule has 3 aliphatic rings. The number of halogens is 6. The van der Waals surface area contributed by atoms with Crippen LogP contribution in [-0.4, -0.2) is 84.4 Å². The second-order valence-corrected chi connectivity index (χ2v) is 11.7. The van der Waals surface area contributed by atoms with Crippen molar-refractivity contribution in [1.82, 2.24) is 20.0 Å². The van der Waals surface area contributed by atoms with Crippen molar-refractivity contribution in [2.24, 2.45) is 5.92 Å².